The van der Waals surface area contributed by atoms with Crippen LogP contribution in [0.4, 0.5) is 5.82 Å². The summed E-state index contributed by atoms with van der Waals surface area (Å²) in [5.41, 5.74) is 1.52. The first-order valence-electron chi connectivity index (χ1n) is 8.29. The molecule has 0 fully saturated rings. The van der Waals surface area contributed by atoms with Crippen molar-refractivity contribution in [1.82, 2.24) is 4.68 Å². The molecule has 1 N–H and O–H groups in total. The Hall–Kier alpha value is -4.14. The summed E-state index contributed by atoms with van der Waals surface area (Å²) in [4.78, 5) is 30.3. The van der Waals surface area contributed by atoms with Crippen LogP contribution < -0.4 is 16.4 Å². The van der Waals surface area contributed by atoms with Crippen molar-refractivity contribution in [2.75, 3.05) is 5.43 Å². The van der Waals surface area contributed by atoms with Crippen LogP contribution in [0, 0.1) is 22.7 Å². The number of hydrogen-bond acceptors (Lipinski definition) is 7. The lowest BCUT2D eigenvalue weighted by Crippen LogP contribution is -2.30. The normalized spacial score (nSPS) is 12.3. The van der Waals surface area contributed by atoms with Gasteiger partial charge in [0.15, 0.2) is 5.82 Å². The van der Waals surface area contributed by atoms with Gasteiger partial charge in [0.05, 0.1) is 10.9 Å². The molecule has 0 atom stereocenters. The molecule has 0 spiro atoms. The molecule has 29 heavy (non-hydrogen) atoms. The van der Waals surface area contributed by atoms with Crippen LogP contribution in [0.15, 0.2) is 55.7 Å². The molecule has 2 aromatic heterocycles. The van der Waals surface area contributed by atoms with E-state index in [1.54, 1.807) is 25.1 Å². The fourth-order valence-corrected chi connectivity index (χ4v) is 3.25. The van der Waals surface area contributed by atoms with E-state index in [1.807, 2.05) is 6.07 Å². The van der Waals surface area contributed by atoms with E-state index in [0.29, 0.717) is 10.7 Å². The number of benzene rings is 1. The summed E-state index contributed by atoms with van der Waals surface area (Å²) >= 11 is 5.99. The van der Waals surface area contributed by atoms with Gasteiger partial charge in [-0.25, -0.2) is 4.99 Å². The zero-order chi connectivity index (χ0) is 20.7. The van der Waals surface area contributed by atoms with E-state index in [9.17, 15) is 20.1 Å². The van der Waals surface area contributed by atoms with Gasteiger partial charge in [0, 0.05) is 22.5 Å². The predicted molar refractivity (Wildman–Crippen MR) is 108 cm³/mol. The van der Waals surface area contributed by atoms with Gasteiger partial charge in [-0.15, -0.1) is 0 Å². The van der Waals surface area contributed by atoms with Gasteiger partial charge in [-0.3, -0.25) is 15.0 Å². The highest BCUT2D eigenvalue weighted by molar-refractivity contribution is 6.31. The smallest absolute Gasteiger partial charge is 0.289 e. The molecule has 4 rings (SSSR count). The largest absolute Gasteiger partial charge is 0.463 e. The molecule has 9 heteroatoms. The highest BCUT2D eigenvalue weighted by atomic mass is 35.5. The van der Waals surface area contributed by atoms with Crippen molar-refractivity contribution in [1.29, 1.82) is 10.5 Å². The van der Waals surface area contributed by atoms with Crippen LogP contribution in [0.3, 0.4) is 0 Å². The molecular formula is C20H10ClN5O3. The summed E-state index contributed by atoms with van der Waals surface area (Å²) in [7, 11) is 0. The number of nitrogens with one attached hydrogen (secondary N) is 1. The van der Waals surface area contributed by atoms with E-state index in [1.165, 1.54) is 18.3 Å². The molecule has 0 unspecified atom stereocenters. The monoisotopic (exact) mass is 403 g/mol. The van der Waals surface area contributed by atoms with E-state index in [-0.39, 0.29) is 39.0 Å². The Balaban J connectivity index is 2.19. The average Bonchev–Trinajstić information content (AvgIpc) is 2.90. The van der Waals surface area contributed by atoms with Crippen LogP contribution >= 0.6 is 11.6 Å². The zero-order valence-electron chi connectivity index (χ0n) is 14.9. The summed E-state index contributed by atoms with van der Waals surface area (Å²) in [5.74, 6) is -0.0143. The lowest BCUT2D eigenvalue weighted by molar-refractivity contribution is 0.604. The molecule has 140 valence electrons. The molecule has 0 bridgehead atoms. The number of fused-ring (bicyclic) bond motifs is 2. The number of hydrogen-bond donors (Lipinski definition) is 1. The molecule has 1 aromatic carbocycles. The van der Waals surface area contributed by atoms with E-state index in [0.717, 1.165) is 10.9 Å². The van der Waals surface area contributed by atoms with Crippen molar-refractivity contribution >= 4 is 34.1 Å². The zero-order valence-corrected chi connectivity index (χ0v) is 15.6. The molecule has 0 aliphatic carbocycles. The summed E-state index contributed by atoms with van der Waals surface area (Å²) in [5, 5.41) is 20.0. The van der Waals surface area contributed by atoms with Crippen molar-refractivity contribution in [2.24, 2.45) is 4.99 Å². The third kappa shape index (κ3) is 2.80. The van der Waals surface area contributed by atoms with E-state index >= 15 is 0 Å². The number of rotatable bonds is 1. The maximum Gasteiger partial charge on any atom is 0.289 e. The molecule has 3 aromatic rings. The van der Waals surface area contributed by atoms with Gasteiger partial charge >= 0.3 is 0 Å². The summed E-state index contributed by atoms with van der Waals surface area (Å²) < 4.78 is 6.50. The summed E-state index contributed by atoms with van der Waals surface area (Å²) in [6.45, 7) is 1.68. The number of nitrogens with zero attached hydrogens (tertiary/aromatic N) is 4. The second-order valence-corrected chi connectivity index (χ2v) is 6.58. The molecule has 0 radical (unpaired) electrons. The number of pyridine rings is 1. The quantitative estimate of drug-likeness (QED) is 0.665. The van der Waals surface area contributed by atoms with Gasteiger partial charge < -0.3 is 4.42 Å². The van der Waals surface area contributed by atoms with Gasteiger partial charge in [0.25, 0.3) is 5.56 Å². The lowest BCUT2D eigenvalue weighted by Gasteiger charge is -2.14. The standard InChI is InChI=1S/C20H10ClN5O3/c1-10-4-5-24-26-19(25-10)13(7-22)17(14(8-23)20(26)28)15-9-29-16-3-2-11(21)6-12(16)18(15)27/h2-6,9,24H,1H3. The highest BCUT2D eigenvalue weighted by Crippen LogP contribution is 2.31. The van der Waals surface area contributed by atoms with E-state index in [2.05, 4.69) is 10.4 Å². The van der Waals surface area contributed by atoms with Gasteiger partial charge in [0.1, 0.15) is 35.1 Å². The van der Waals surface area contributed by atoms with Crippen LogP contribution in [0.1, 0.15) is 18.1 Å². The highest BCUT2D eigenvalue weighted by Gasteiger charge is 2.26. The Morgan fingerprint density at radius 1 is 1.21 bits per heavy atom. The maximum absolute atomic E-state index is 13.1. The number of allylic oxidation sites excluding steroid dienone is 1. The first kappa shape index (κ1) is 18.2. The Bertz CT molecular complexity index is 1470. The third-order valence-corrected chi connectivity index (χ3v) is 4.63. The minimum Gasteiger partial charge on any atom is -0.463 e. The van der Waals surface area contributed by atoms with Gasteiger partial charge in [-0.05, 0) is 31.2 Å². The molecule has 0 saturated carbocycles. The van der Waals surface area contributed by atoms with Crippen LogP contribution in [0.5, 0.6) is 0 Å². The van der Waals surface area contributed by atoms with E-state index in [4.69, 9.17) is 16.0 Å². The number of aliphatic imine (C=N–C) groups is 1. The predicted octanol–water partition coefficient (Wildman–Crippen LogP) is 3.18. The van der Waals surface area contributed by atoms with Crippen molar-refractivity contribution < 1.29 is 4.42 Å². The number of aromatic nitrogens is 1. The SMILES string of the molecule is CC1=Nc2c(C#N)c(-c3coc4ccc(Cl)cc4c3=O)c(C#N)c(=O)n2NC=C1. The minimum atomic E-state index is -0.745. The van der Waals surface area contributed by atoms with Gasteiger partial charge in [-0.1, -0.05) is 11.6 Å². The molecular weight excluding hydrogens is 394 g/mol. The van der Waals surface area contributed by atoms with Crippen molar-refractivity contribution in [3.05, 3.63) is 73.5 Å². The topological polar surface area (TPSA) is 124 Å². The molecule has 1 aliphatic heterocycles. The first-order chi connectivity index (χ1) is 14.0. The Labute approximate surface area is 168 Å². The fourth-order valence-electron chi connectivity index (χ4n) is 3.08. The molecule has 1 aliphatic rings. The van der Waals surface area contributed by atoms with Crippen LogP contribution in [0.2, 0.25) is 5.02 Å². The average molecular weight is 404 g/mol. The second-order valence-electron chi connectivity index (χ2n) is 6.15. The lowest BCUT2D eigenvalue weighted by atomic mass is 9.96. The molecule has 8 nitrogen and oxygen atoms in total. The first-order valence-corrected chi connectivity index (χ1v) is 8.67. The van der Waals surface area contributed by atoms with Crippen molar-refractivity contribution in [2.45, 2.75) is 6.92 Å². The van der Waals surface area contributed by atoms with Gasteiger partial charge in [-0.2, -0.15) is 15.2 Å². The summed E-state index contributed by atoms with van der Waals surface area (Å²) in [6.07, 6.45) is 4.20. The Kier molecular flexibility index (Phi) is 4.27. The van der Waals surface area contributed by atoms with Crippen LogP contribution in [-0.2, 0) is 0 Å². The Morgan fingerprint density at radius 3 is 2.69 bits per heavy atom. The molecule has 0 amide bonds. The fraction of sp³-hybridized carbons (Fsp3) is 0.0500. The van der Waals surface area contributed by atoms with Crippen LogP contribution in [0.25, 0.3) is 22.1 Å². The second kappa shape index (κ2) is 6.79. The number of nitriles is 2. The van der Waals surface area contributed by atoms with Crippen LogP contribution in [-0.4, -0.2) is 10.4 Å². The molecule has 0 saturated heterocycles. The van der Waals surface area contributed by atoms with Gasteiger partial charge in [0.2, 0.25) is 5.43 Å². The van der Waals surface area contributed by atoms with Crippen molar-refractivity contribution in [3.63, 3.8) is 0 Å². The minimum absolute atomic E-state index is 0.0143. The Morgan fingerprint density at radius 2 is 1.97 bits per heavy atom. The maximum atomic E-state index is 13.1. The van der Waals surface area contributed by atoms with E-state index < -0.39 is 11.0 Å². The van der Waals surface area contributed by atoms with Crippen molar-refractivity contribution in [3.8, 4) is 23.3 Å². The molecule has 3 heterocycles. The third-order valence-electron chi connectivity index (χ3n) is 4.39. The number of halogens is 1. The summed E-state index contributed by atoms with van der Waals surface area (Å²) in [6, 6.07) is 8.30.